The standard InChI is InChI=1S/C19H18F4N2O4/c1-2-27-15-6-4-3-5-12(15)9-10-24-17(26)25-13-7-8-16-14(11-13)18(20,21)29-19(22,23)28-16/h3-8,11H,2,9-10H2,1H3,(H2,24,25,26). The van der Waals surface area contributed by atoms with Crippen molar-refractivity contribution in [3.8, 4) is 11.5 Å². The summed E-state index contributed by atoms with van der Waals surface area (Å²) in [5.74, 6) is -0.0179. The van der Waals surface area contributed by atoms with Crippen LogP contribution in [-0.2, 0) is 17.3 Å². The molecule has 10 heteroatoms. The molecule has 0 unspecified atom stereocenters. The molecule has 1 aliphatic rings. The molecule has 2 aromatic carbocycles. The number of hydrogen-bond donors (Lipinski definition) is 2. The van der Waals surface area contributed by atoms with E-state index in [-0.39, 0.29) is 12.2 Å². The van der Waals surface area contributed by atoms with Crippen LogP contribution in [0.4, 0.5) is 28.0 Å². The van der Waals surface area contributed by atoms with Crippen molar-refractivity contribution >= 4 is 11.7 Å². The van der Waals surface area contributed by atoms with Crippen molar-refractivity contribution in [3.05, 3.63) is 53.6 Å². The topological polar surface area (TPSA) is 68.8 Å². The Morgan fingerprint density at radius 2 is 1.90 bits per heavy atom. The monoisotopic (exact) mass is 414 g/mol. The van der Waals surface area contributed by atoms with Gasteiger partial charge in [0.2, 0.25) is 0 Å². The van der Waals surface area contributed by atoms with E-state index in [9.17, 15) is 22.4 Å². The van der Waals surface area contributed by atoms with Gasteiger partial charge in [0.05, 0.1) is 12.2 Å². The van der Waals surface area contributed by atoms with Crippen molar-refractivity contribution in [2.75, 3.05) is 18.5 Å². The molecule has 6 nitrogen and oxygen atoms in total. The van der Waals surface area contributed by atoms with Crippen LogP contribution in [-0.4, -0.2) is 25.5 Å². The molecule has 2 amide bonds. The summed E-state index contributed by atoms with van der Waals surface area (Å²) in [5.41, 5.74) is -0.0433. The van der Waals surface area contributed by atoms with Crippen molar-refractivity contribution < 1.29 is 36.6 Å². The number of amides is 2. The summed E-state index contributed by atoms with van der Waals surface area (Å²) in [6.07, 6.45) is -8.22. The highest BCUT2D eigenvalue weighted by atomic mass is 19.3. The lowest BCUT2D eigenvalue weighted by atomic mass is 10.1. The third-order valence-corrected chi connectivity index (χ3v) is 3.98. The summed E-state index contributed by atoms with van der Waals surface area (Å²) in [6.45, 7) is 2.63. The first-order valence-corrected chi connectivity index (χ1v) is 8.75. The number of urea groups is 1. The Morgan fingerprint density at radius 1 is 1.14 bits per heavy atom. The fourth-order valence-corrected chi connectivity index (χ4v) is 2.77. The van der Waals surface area contributed by atoms with E-state index >= 15 is 0 Å². The van der Waals surface area contributed by atoms with Crippen molar-refractivity contribution in [1.82, 2.24) is 5.32 Å². The molecule has 0 spiro atoms. The molecule has 156 valence electrons. The molecule has 2 aromatic rings. The number of rotatable bonds is 6. The predicted molar refractivity (Wildman–Crippen MR) is 95.3 cm³/mol. The van der Waals surface area contributed by atoms with E-state index in [1.54, 1.807) is 0 Å². The first-order chi connectivity index (χ1) is 13.7. The molecule has 0 fully saturated rings. The van der Waals surface area contributed by atoms with Crippen LogP contribution in [0.1, 0.15) is 18.1 Å². The number of carbonyl (C=O) groups is 1. The van der Waals surface area contributed by atoms with Gasteiger partial charge in [-0.25, -0.2) is 9.53 Å². The van der Waals surface area contributed by atoms with Crippen molar-refractivity contribution in [1.29, 1.82) is 0 Å². The van der Waals surface area contributed by atoms with E-state index in [2.05, 4.69) is 20.1 Å². The maximum atomic E-state index is 13.8. The van der Waals surface area contributed by atoms with Gasteiger partial charge in [0.15, 0.2) is 0 Å². The smallest absolute Gasteiger partial charge is 0.494 e. The second-order valence-corrected chi connectivity index (χ2v) is 6.07. The lowest BCUT2D eigenvalue weighted by Crippen LogP contribution is -2.41. The van der Waals surface area contributed by atoms with Gasteiger partial charge in [0, 0.05) is 12.2 Å². The van der Waals surface area contributed by atoms with Crippen molar-refractivity contribution in [2.24, 2.45) is 0 Å². The molecule has 1 aliphatic heterocycles. The van der Waals surface area contributed by atoms with Gasteiger partial charge < -0.3 is 20.1 Å². The Morgan fingerprint density at radius 3 is 2.66 bits per heavy atom. The van der Waals surface area contributed by atoms with Crippen LogP contribution in [0, 0.1) is 0 Å². The van der Waals surface area contributed by atoms with E-state index in [0.717, 1.165) is 17.7 Å². The van der Waals surface area contributed by atoms with Gasteiger partial charge in [-0.1, -0.05) is 18.2 Å². The first kappa shape index (κ1) is 20.7. The number of anilines is 1. The zero-order valence-electron chi connectivity index (χ0n) is 15.3. The molecule has 3 rings (SSSR count). The molecular formula is C19H18F4N2O4. The fraction of sp³-hybridized carbons (Fsp3) is 0.316. The largest absolute Gasteiger partial charge is 0.540 e. The van der Waals surface area contributed by atoms with Crippen LogP contribution < -0.4 is 20.1 Å². The summed E-state index contributed by atoms with van der Waals surface area (Å²) in [6, 6.07) is 9.61. The second kappa shape index (κ2) is 8.16. The van der Waals surface area contributed by atoms with Gasteiger partial charge >= 0.3 is 18.4 Å². The minimum Gasteiger partial charge on any atom is -0.494 e. The highest BCUT2D eigenvalue weighted by Crippen LogP contribution is 2.46. The van der Waals surface area contributed by atoms with Crippen LogP contribution in [0.2, 0.25) is 0 Å². The van der Waals surface area contributed by atoms with Gasteiger partial charge in [-0.2, -0.15) is 8.78 Å². The predicted octanol–water partition coefficient (Wildman–Crippen LogP) is 4.46. The van der Waals surface area contributed by atoms with E-state index in [0.29, 0.717) is 18.8 Å². The van der Waals surface area contributed by atoms with Crippen molar-refractivity contribution in [2.45, 2.75) is 25.7 Å². The molecule has 0 radical (unpaired) electrons. The minimum absolute atomic E-state index is 0.0342. The number of hydrogen-bond acceptors (Lipinski definition) is 4. The van der Waals surface area contributed by atoms with Gasteiger partial charge in [0.1, 0.15) is 11.5 Å². The summed E-state index contributed by atoms with van der Waals surface area (Å²) in [7, 11) is 0. The van der Waals surface area contributed by atoms with Crippen LogP contribution >= 0.6 is 0 Å². The normalized spacial score (nSPS) is 16.3. The van der Waals surface area contributed by atoms with Gasteiger partial charge in [-0.05, 0) is 43.2 Å². The van der Waals surface area contributed by atoms with Crippen LogP contribution in [0.15, 0.2) is 42.5 Å². The van der Waals surface area contributed by atoms with Crippen LogP contribution in [0.25, 0.3) is 0 Å². The molecular weight excluding hydrogens is 396 g/mol. The van der Waals surface area contributed by atoms with Crippen LogP contribution in [0.3, 0.4) is 0 Å². The molecule has 29 heavy (non-hydrogen) atoms. The third-order valence-electron chi connectivity index (χ3n) is 3.98. The molecule has 0 bridgehead atoms. The molecule has 0 saturated heterocycles. The number of carbonyl (C=O) groups excluding carboxylic acids is 1. The van der Waals surface area contributed by atoms with E-state index in [1.165, 1.54) is 6.07 Å². The maximum absolute atomic E-state index is 13.8. The summed E-state index contributed by atoms with van der Waals surface area (Å²) in [5, 5.41) is 4.95. The minimum atomic E-state index is -4.44. The highest BCUT2D eigenvalue weighted by Gasteiger charge is 2.54. The molecule has 2 N–H and O–H groups in total. The fourth-order valence-electron chi connectivity index (χ4n) is 2.77. The average molecular weight is 414 g/mol. The molecule has 1 heterocycles. The maximum Gasteiger partial charge on any atom is 0.540 e. The number of halogens is 4. The quantitative estimate of drug-likeness (QED) is 0.685. The zero-order chi connectivity index (χ0) is 21.1. The Kier molecular flexibility index (Phi) is 5.83. The molecule has 0 aromatic heterocycles. The number of benzene rings is 2. The van der Waals surface area contributed by atoms with Crippen molar-refractivity contribution in [3.63, 3.8) is 0 Å². The number of ether oxygens (including phenoxy) is 3. The van der Waals surface area contributed by atoms with E-state index in [4.69, 9.17) is 4.74 Å². The Balaban J connectivity index is 1.59. The average Bonchev–Trinajstić information content (AvgIpc) is 2.62. The van der Waals surface area contributed by atoms with E-state index < -0.39 is 29.7 Å². The number of para-hydroxylation sites is 1. The number of alkyl halides is 4. The van der Waals surface area contributed by atoms with Gasteiger partial charge in [0.25, 0.3) is 0 Å². The summed E-state index contributed by atoms with van der Waals surface area (Å²) < 4.78 is 66.6. The van der Waals surface area contributed by atoms with Gasteiger partial charge in [-0.3, -0.25) is 0 Å². The highest BCUT2D eigenvalue weighted by molar-refractivity contribution is 5.89. The lowest BCUT2D eigenvalue weighted by molar-refractivity contribution is -0.461. The Bertz CT molecular complexity index is 892. The summed E-state index contributed by atoms with van der Waals surface area (Å²) in [4.78, 5) is 12.0. The molecule has 0 aliphatic carbocycles. The van der Waals surface area contributed by atoms with Gasteiger partial charge in [-0.15, -0.1) is 8.78 Å². The molecule has 0 atom stereocenters. The first-order valence-electron chi connectivity index (χ1n) is 8.75. The number of fused-ring (bicyclic) bond motifs is 1. The summed E-state index contributed by atoms with van der Waals surface area (Å²) >= 11 is 0. The lowest BCUT2D eigenvalue weighted by Gasteiger charge is -2.30. The SMILES string of the molecule is CCOc1ccccc1CCNC(=O)Nc1ccc2c(c1)C(F)(F)OC(F)(F)O2. The Hall–Kier alpha value is -3.01. The van der Waals surface area contributed by atoms with Crippen LogP contribution in [0.5, 0.6) is 11.5 Å². The van der Waals surface area contributed by atoms with E-state index in [1.807, 2.05) is 31.2 Å². The second-order valence-electron chi connectivity index (χ2n) is 6.07. The zero-order valence-corrected chi connectivity index (χ0v) is 15.3. The molecule has 0 saturated carbocycles. The number of nitrogens with one attached hydrogen (secondary N) is 2. The Labute approximate surface area is 163 Å². The third kappa shape index (κ3) is 5.08.